The van der Waals surface area contributed by atoms with Gasteiger partial charge in [0, 0.05) is 28.6 Å². The lowest BCUT2D eigenvalue weighted by molar-refractivity contribution is -0.114. The molecule has 2 amide bonds. The lowest BCUT2D eigenvalue weighted by Crippen LogP contribution is -2.16. The van der Waals surface area contributed by atoms with Gasteiger partial charge in [-0.05, 0) is 50.2 Å². The summed E-state index contributed by atoms with van der Waals surface area (Å²) in [5.74, 6) is -1.53. The number of carbonyl (C=O) groups excluding carboxylic acids is 4. The van der Waals surface area contributed by atoms with Gasteiger partial charge < -0.3 is 15.4 Å². The van der Waals surface area contributed by atoms with Crippen LogP contribution in [0.1, 0.15) is 34.6 Å². The van der Waals surface area contributed by atoms with Gasteiger partial charge in [0.2, 0.25) is 5.91 Å². The molecule has 2 aromatic rings. The Balaban J connectivity index is 2.00. The fourth-order valence-corrected chi connectivity index (χ4v) is 2.29. The molecule has 2 N–H and O–H groups in total. The largest absolute Gasteiger partial charge is 0.465 e. The maximum absolute atomic E-state index is 12.2. The summed E-state index contributed by atoms with van der Waals surface area (Å²) in [5, 5.41) is 5.25. The van der Waals surface area contributed by atoms with E-state index in [2.05, 4.69) is 15.4 Å². The summed E-state index contributed by atoms with van der Waals surface area (Å²) in [6, 6.07) is 12.7. The second-order valence-corrected chi connectivity index (χ2v) is 5.98. The molecule has 0 atom stereocenters. The molecule has 0 saturated carbocycles. The van der Waals surface area contributed by atoms with Crippen molar-refractivity contribution in [1.29, 1.82) is 0 Å². The average molecular weight is 380 g/mol. The SMILES string of the molecule is COC(=O)c1ccc(NC(=O)/C(C)=C/C(=O)Nc2cccc(C(C)=O)c2)cc1. The summed E-state index contributed by atoms with van der Waals surface area (Å²) >= 11 is 0. The van der Waals surface area contributed by atoms with Crippen molar-refractivity contribution >= 4 is 34.9 Å². The fourth-order valence-electron chi connectivity index (χ4n) is 2.29. The summed E-state index contributed by atoms with van der Waals surface area (Å²) in [5.41, 5.74) is 1.96. The Hall–Kier alpha value is -3.74. The van der Waals surface area contributed by atoms with Gasteiger partial charge in [0.15, 0.2) is 5.78 Å². The average Bonchev–Trinajstić information content (AvgIpc) is 2.67. The number of ether oxygens (including phenoxy) is 1. The van der Waals surface area contributed by atoms with Crippen LogP contribution in [0.5, 0.6) is 0 Å². The number of benzene rings is 2. The van der Waals surface area contributed by atoms with E-state index in [1.54, 1.807) is 36.4 Å². The third kappa shape index (κ3) is 5.63. The number of amides is 2. The van der Waals surface area contributed by atoms with Crippen LogP contribution in [0.25, 0.3) is 0 Å². The molecule has 2 rings (SSSR count). The zero-order valence-electron chi connectivity index (χ0n) is 15.7. The topological polar surface area (TPSA) is 102 Å². The van der Waals surface area contributed by atoms with Crippen molar-refractivity contribution in [1.82, 2.24) is 0 Å². The molecule has 0 bridgehead atoms. The quantitative estimate of drug-likeness (QED) is 0.455. The first-order valence-corrected chi connectivity index (χ1v) is 8.40. The maximum Gasteiger partial charge on any atom is 0.337 e. The van der Waals surface area contributed by atoms with Gasteiger partial charge in [-0.15, -0.1) is 0 Å². The second-order valence-electron chi connectivity index (χ2n) is 5.98. The summed E-state index contributed by atoms with van der Waals surface area (Å²) < 4.78 is 4.61. The van der Waals surface area contributed by atoms with Crippen molar-refractivity contribution < 1.29 is 23.9 Å². The maximum atomic E-state index is 12.2. The molecule has 0 spiro atoms. The second kappa shape index (κ2) is 9.27. The monoisotopic (exact) mass is 380 g/mol. The fraction of sp³-hybridized carbons (Fsp3) is 0.143. The lowest BCUT2D eigenvalue weighted by Gasteiger charge is -2.07. The number of esters is 1. The van der Waals surface area contributed by atoms with Crippen LogP contribution < -0.4 is 10.6 Å². The number of hydrogen-bond acceptors (Lipinski definition) is 5. The molecule has 28 heavy (non-hydrogen) atoms. The normalized spacial score (nSPS) is 10.8. The van der Waals surface area contributed by atoms with Crippen LogP contribution in [-0.2, 0) is 14.3 Å². The molecule has 0 heterocycles. The van der Waals surface area contributed by atoms with Crippen molar-refractivity contribution in [3.05, 3.63) is 71.3 Å². The van der Waals surface area contributed by atoms with E-state index in [4.69, 9.17) is 0 Å². The van der Waals surface area contributed by atoms with Crippen LogP contribution in [-0.4, -0.2) is 30.7 Å². The number of methoxy groups -OCH3 is 1. The van der Waals surface area contributed by atoms with Crippen molar-refractivity contribution in [2.24, 2.45) is 0 Å². The summed E-state index contributed by atoms with van der Waals surface area (Å²) in [4.78, 5) is 47.1. The first kappa shape index (κ1) is 20.6. The van der Waals surface area contributed by atoms with Crippen LogP contribution in [0.4, 0.5) is 11.4 Å². The Bertz CT molecular complexity index is 946. The number of carbonyl (C=O) groups is 4. The molecule has 0 fully saturated rings. The molecule has 0 aliphatic carbocycles. The predicted molar refractivity (Wildman–Crippen MR) is 105 cm³/mol. The third-order valence-electron chi connectivity index (χ3n) is 3.81. The zero-order valence-corrected chi connectivity index (χ0v) is 15.7. The Morgan fingerprint density at radius 3 is 2.14 bits per heavy atom. The van der Waals surface area contributed by atoms with E-state index in [-0.39, 0.29) is 11.4 Å². The highest BCUT2D eigenvalue weighted by atomic mass is 16.5. The van der Waals surface area contributed by atoms with Gasteiger partial charge in [-0.2, -0.15) is 0 Å². The molecular weight excluding hydrogens is 360 g/mol. The van der Waals surface area contributed by atoms with Crippen molar-refractivity contribution in [2.45, 2.75) is 13.8 Å². The molecule has 7 nitrogen and oxygen atoms in total. The minimum absolute atomic E-state index is 0.111. The molecule has 0 saturated heterocycles. The van der Waals surface area contributed by atoms with Crippen molar-refractivity contribution in [2.75, 3.05) is 17.7 Å². The van der Waals surface area contributed by atoms with Crippen LogP contribution in [0.2, 0.25) is 0 Å². The summed E-state index contributed by atoms with van der Waals surface area (Å²) in [6.07, 6.45) is 1.17. The van der Waals surface area contributed by atoms with Gasteiger partial charge in [-0.25, -0.2) is 4.79 Å². The van der Waals surface area contributed by atoms with Gasteiger partial charge in [0.05, 0.1) is 12.7 Å². The standard InChI is InChI=1S/C21H20N2O5/c1-13(11-19(25)22-18-6-4-5-16(12-18)14(2)24)20(26)23-17-9-7-15(8-10-17)21(27)28-3/h4-12H,1-3H3,(H,22,25)(H,23,26)/b13-11+. The molecule has 144 valence electrons. The minimum Gasteiger partial charge on any atom is -0.465 e. The van der Waals surface area contributed by atoms with Crippen LogP contribution in [0.3, 0.4) is 0 Å². The number of hydrogen-bond donors (Lipinski definition) is 2. The molecular formula is C21H20N2O5. The van der Waals surface area contributed by atoms with Crippen LogP contribution in [0, 0.1) is 0 Å². The smallest absolute Gasteiger partial charge is 0.337 e. The minimum atomic E-state index is -0.491. The lowest BCUT2D eigenvalue weighted by atomic mass is 10.1. The molecule has 2 aromatic carbocycles. The van der Waals surface area contributed by atoms with E-state index < -0.39 is 17.8 Å². The molecule has 0 radical (unpaired) electrons. The highest BCUT2D eigenvalue weighted by Gasteiger charge is 2.10. The number of nitrogens with one attached hydrogen (secondary N) is 2. The van der Waals surface area contributed by atoms with Crippen LogP contribution >= 0.6 is 0 Å². The Morgan fingerprint density at radius 1 is 0.857 bits per heavy atom. The van der Waals surface area contributed by atoms with Crippen molar-refractivity contribution in [3.8, 4) is 0 Å². The Morgan fingerprint density at radius 2 is 1.54 bits per heavy atom. The first-order valence-electron chi connectivity index (χ1n) is 8.40. The number of rotatable bonds is 6. The Kier molecular flexibility index (Phi) is 6.81. The number of Topliss-reactive ketones (excluding diaryl/α,β-unsaturated/α-hetero) is 1. The van der Waals surface area contributed by atoms with Gasteiger partial charge in [-0.3, -0.25) is 14.4 Å². The summed E-state index contributed by atoms with van der Waals surface area (Å²) in [7, 11) is 1.29. The van der Waals surface area contributed by atoms with Crippen LogP contribution in [0.15, 0.2) is 60.2 Å². The van der Waals surface area contributed by atoms with Gasteiger partial charge in [0.1, 0.15) is 0 Å². The molecule has 0 aliphatic rings. The van der Waals surface area contributed by atoms with Gasteiger partial charge >= 0.3 is 5.97 Å². The van der Waals surface area contributed by atoms with E-state index in [1.807, 2.05) is 0 Å². The highest BCUT2D eigenvalue weighted by molar-refractivity contribution is 6.10. The molecule has 0 aromatic heterocycles. The highest BCUT2D eigenvalue weighted by Crippen LogP contribution is 2.13. The van der Waals surface area contributed by atoms with Crippen molar-refractivity contribution in [3.63, 3.8) is 0 Å². The summed E-state index contributed by atoms with van der Waals surface area (Å²) in [6.45, 7) is 2.94. The number of ketones is 1. The van der Waals surface area contributed by atoms with E-state index >= 15 is 0 Å². The number of anilines is 2. The Labute approximate surface area is 162 Å². The molecule has 0 aliphatic heterocycles. The van der Waals surface area contributed by atoms with Gasteiger partial charge in [-0.1, -0.05) is 12.1 Å². The van der Waals surface area contributed by atoms with E-state index in [0.29, 0.717) is 22.5 Å². The third-order valence-corrected chi connectivity index (χ3v) is 3.81. The van der Waals surface area contributed by atoms with E-state index in [9.17, 15) is 19.2 Å². The first-order chi connectivity index (χ1) is 13.3. The molecule has 7 heteroatoms. The molecule has 0 unspecified atom stereocenters. The zero-order chi connectivity index (χ0) is 20.7. The van der Waals surface area contributed by atoms with E-state index in [0.717, 1.165) is 0 Å². The predicted octanol–water partition coefficient (Wildman–Crippen LogP) is 3.20. The van der Waals surface area contributed by atoms with Gasteiger partial charge in [0.25, 0.3) is 5.91 Å². The van der Waals surface area contributed by atoms with E-state index in [1.165, 1.54) is 39.2 Å².